The molecule has 0 aliphatic heterocycles. The van der Waals surface area contributed by atoms with Gasteiger partial charge in [0.25, 0.3) is 0 Å². The molecule has 0 spiro atoms. The summed E-state index contributed by atoms with van der Waals surface area (Å²) in [6.45, 7) is 2.26. The first-order chi connectivity index (χ1) is 11.1. The molecule has 0 aromatic rings. The number of aliphatic hydroxyl groups excluding tert-OH is 1. The number of allylic oxidation sites excluding steroid dienone is 1. The number of hydrogen-bond acceptors (Lipinski definition) is 3. The number of aliphatic hydroxyl groups is 1. The van der Waals surface area contributed by atoms with Crippen LogP contribution in [0.25, 0.3) is 0 Å². The minimum absolute atomic E-state index is 0.0555. The van der Waals surface area contributed by atoms with Gasteiger partial charge in [-0.3, -0.25) is 0 Å². The Kier molecular flexibility index (Phi) is 16.0. The predicted octanol–water partition coefficient (Wildman–Crippen LogP) is 6.46. The third-order valence-corrected chi connectivity index (χ3v) is 5.03. The minimum Gasteiger partial charge on any atom is -0.511 e. The third kappa shape index (κ3) is 14.8. The number of rotatable bonds is 15. The topological polar surface area (TPSA) is 46.5 Å². The lowest BCUT2D eigenvalue weighted by Gasteiger charge is -2.08. The minimum atomic E-state index is -0.512. The van der Waals surface area contributed by atoms with Crippen molar-refractivity contribution in [2.24, 2.45) is 0 Å². The first-order valence-corrected chi connectivity index (χ1v) is 10.2. The second-order valence-corrected chi connectivity index (χ2v) is 7.34. The maximum Gasteiger partial charge on any atom is 0.333 e. The van der Waals surface area contributed by atoms with E-state index in [1.807, 2.05) is 0 Å². The first-order valence-electron chi connectivity index (χ1n) is 9.24. The summed E-state index contributed by atoms with van der Waals surface area (Å²) in [6.07, 6.45) is 17.8. The van der Waals surface area contributed by atoms with E-state index in [0.717, 1.165) is 18.9 Å². The Morgan fingerprint density at radius 1 is 0.957 bits per heavy atom. The average molecular weight is 391 g/mol. The zero-order valence-electron chi connectivity index (χ0n) is 15.0. The van der Waals surface area contributed by atoms with E-state index in [4.69, 9.17) is 0 Å². The predicted molar refractivity (Wildman–Crippen MR) is 101 cm³/mol. The van der Waals surface area contributed by atoms with Gasteiger partial charge in [-0.25, -0.2) is 4.79 Å². The van der Waals surface area contributed by atoms with Crippen LogP contribution < -0.4 is 0 Å². The van der Waals surface area contributed by atoms with Crippen LogP contribution in [-0.2, 0) is 9.53 Å². The van der Waals surface area contributed by atoms with Crippen molar-refractivity contribution < 1.29 is 14.6 Å². The molecule has 1 N–H and O–H groups in total. The number of alkyl halides is 1. The maximum absolute atomic E-state index is 11.0. The monoisotopic (exact) mass is 390 g/mol. The van der Waals surface area contributed by atoms with Crippen LogP contribution >= 0.6 is 15.9 Å². The number of methoxy groups -OCH3 is 1. The summed E-state index contributed by atoms with van der Waals surface area (Å²) < 4.78 is 4.49. The van der Waals surface area contributed by atoms with Crippen LogP contribution in [0.5, 0.6) is 0 Å². The van der Waals surface area contributed by atoms with Gasteiger partial charge in [0.2, 0.25) is 0 Å². The Labute approximate surface area is 151 Å². The number of esters is 1. The van der Waals surface area contributed by atoms with Crippen molar-refractivity contribution in [3.63, 3.8) is 0 Å². The number of unbranched alkanes of at least 4 members (excludes halogenated alkanes) is 11. The van der Waals surface area contributed by atoms with Gasteiger partial charge in [-0.1, -0.05) is 99.9 Å². The number of carbonyl (C=O) groups is 1. The normalized spacial score (nSPS) is 13.1. The molecular formula is C19H35BrO3. The lowest BCUT2D eigenvalue weighted by molar-refractivity contribution is -0.135. The Balaban J connectivity index is 3.39. The molecule has 0 bridgehead atoms. The second-order valence-electron chi connectivity index (χ2n) is 6.24. The van der Waals surface area contributed by atoms with Crippen molar-refractivity contribution in [1.29, 1.82) is 0 Å². The Morgan fingerprint density at radius 3 is 1.83 bits per heavy atom. The van der Waals surface area contributed by atoms with Gasteiger partial charge >= 0.3 is 5.97 Å². The second kappa shape index (κ2) is 16.4. The van der Waals surface area contributed by atoms with Gasteiger partial charge < -0.3 is 9.84 Å². The molecular weight excluding hydrogens is 356 g/mol. The fourth-order valence-corrected chi connectivity index (χ4v) is 3.04. The van der Waals surface area contributed by atoms with E-state index in [1.165, 1.54) is 77.7 Å². The zero-order valence-corrected chi connectivity index (χ0v) is 16.6. The fourth-order valence-electron chi connectivity index (χ4n) is 2.58. The van der Waals surface area contributed by atoms with Gasteiger partial charge in [0.1, 0.15) is 5.76 Å². The summed E-state index contributed by atoms with van der Waals surface area (Å²) >= 11 is 3.40. The van der Waals surface area contributed by atoms with E-state index < -0.39 is 5.97 Å². The zero-order chi connectivity index (χ0) is 17.3. The molecule has 0 saturated carbocycles. The SMILES string of the molecule is CCCCCCCCCCCCCCC(Br)/C(O)=C/C(=O)OC. The molecule has 0 aromatic heterocycles. The van der Waals surface area contributed by atoms with Crippen molar-refractivity contribution >= 4 is 21.9 Å². The lowest BCUT2D eigenvalue weighted by atomic mass is 10.0. The Hall–Kier alpha value is -0.510. The van der Waals surface area contributed by atoms with E-state index >= 15 is 0 Å². The largest absolute Gasteiger partial charge is 0.511 e. The molecule has 1 unspecified atom stereocenters. The molecule has 0 rings (SSSR count). The summed E-state index contributed by atoms with van der Waals surface area (Å²) in [5.74, 6) is -0.457. The average Bonchev–Trinajstić information content (AvgIpc) is 2.55. The van der Waals surface area contributed by atoms with Gasteiger partial charge in [-0.15, -0.1) is 0 Å². The van der Waals surface area contributed by atoms with Crippen molar-refractivity contribution in [1.82, 2.24) is 0 Å². The summed E-state index contributed by atoms with van der Waals surface area (Å²) in [4.78, 5) is 10.9. The molecule has 136 valence electrons. The summed E-state index contributed by atoms with van der Waals surface area (Å²) in [7, 11) is 1.31. The van der Waals surface area contributed by atoms with Crippen molar-refractivity contribution in [2.75, 3.05) is 7.11 Å². The molecule has 0 aromatic carbocycles. The number of halogens is 1. The van der Waals surface area contributed by atoms with Crippen molar-refractivity contribution in [3.8, 4) is 0 Å². The smallest absolute Gasteiger partial charge is 0.333 e. The van der Waals surface area contributed by atoms with E-state index in [1.54, 1.807) is 0 Å². The quantitative estimate of drug-likeness (QED) is 0.115. The first kappa shape index (κ1) is 22.5. The van der Waals surface area contributed by atoms with Gasteiger partial charge in [-0.2, -0.15) is 0 Å². The third-order valence-electron chi connectivity index (χ3n) is 4.10. The number of ether oxygens (including phenoxy) is 1. The van der Waals surface area contributed by atoms with Crippen molar-refractivity contribution in [3.05, 3.63) is 11.8 Å². The summed E-state index contributed by atoms with van der Waals surface area (Å²) in [5.41, 5.74) is 0. The highest BCUT2D eigenvalue weighted by molar-refractivity contribution is 9.09. The lowest BCUT2D eigenvalue weighted by Crippen LogP contribution is -2.06. The molecule has 3 nitrogen and oxygen atoms in total. The standard InChI is InChI=1S/C19H35BrO3/c1-3-4-5-6-7-8-9-10-11-12-13-14-15-17(20)18(21)16-19(22)23-2/h16-17,21H,3-15H2,1-2H3/b18-16-. The molecule has 0 radical (unpaired) electrons. The van der Waals surface area contributed by atoms with E-state index in [0.29, 0.717) is 0 Å². The molecule has 0 saturated heterocycles. The van der Waals surface area contributed by atoms with Crippen LogP contribution in [-0.4, -0.2) is 23.0 Å². The fraction of sp³-hybridized carbons (Fsp3) is 0.842. The van der Waals surface area contributed by atoms with Crippen LogP contribution in [0.15, 0.2) is 11.8 Å². The van der Waals surface area contributed by atoms with Crippen LogP contribution in [0, 0.1) is 0 Å². The molecule has 0 heterocycles. The van der Waals surface area contributed by atoms with Gasteiger partial charge in [0, 0.05) is 0 Å². The molecule has 23 heavy (non-hydrogen) atoms. The molecule has 4 heteroatoms. The number of hydrogen-bond donors (Lipinski definition) is 1. The van der Waals surface area contributed by atoms with E-state index in [9.17, 15) is 9.90 Å². The highest BCUT2D eigenvalue weighted by Crippen LogP contribution is 2.19. The molecule has 0 amide bonds. The molecule has 1 atom stereocenters. The van der Waals surface area contributed by atoms with Crippen molar-refractivity contribution in [2.45, 2.75) is 95.2 Å². The van der Waals surface area contributed by atoms with Gasteiger partial charge in [-0.05, 0) is 6.42 Å². The van der Waals surface area contributed by atoms with Crippen LogP contribution in [0.1, 0.15) is 90.4 Å². The molecule has 0 fully saturated rings. The molecule has 0 aliphatic rings. The summed E-state index contributed by atoms with van der Waals surface area (Å²) in [5, 5.41) is 9.71. The van der Waals surface area contributed by atoms with Crippen LogP contribution in [0.3, 0.4) is 0 Å². The maximum atomic E-state index is 11.0. The van der Waals surface area contributed by atoms with E-state index in [-0.39, 0.29) is 10.6 Å². The highest BCUT2D eigenvalue weighted by atomic mass is 79.9. The van der Waals surface area contributed by atoms with Crippen LogP contribution in [0.4, 0.5) is 0 Å². The summed E-state index contributed by atoms with van der Waals surface area (Å²) in [6, 6.07) is 0. The van der Waals surface area contributed by atoms with Gasteiger partial charge in [0.15, 0.2) is 0 Å². The Morgan fingerprint density at radius 2 is 1.39 bits per heavy atom. The number of carbonyl (C=O) groups excluding carboxylic acids is 1. The van der Waals surface area contributed by atoms with Gasteiger partial charge in [0.05, 0.1) is 18.0 Å². The Bertz CT molecular complexity index is 316. The van der Waals surface area contributed by atoms with Crippen LogP contribution in [0.2, 0.25) is 0 Å². The van der Waals surface area contributed by atoms with E-state index in [2.05, 4.69) is 27.6 Å². The molecule has 0 aliphatic carbocycles. The highest BCUT2D eigenvalue weighted by Gasteiger charge is 2.10.